The molecule has 3 aromatic rings. The normalized spacial score (nSPS) is 11.7. The smallest absolute Gasteiger partial charge is 0.234 e. The fourth-order valence-corrected chi connectivity index (χ4v) is 3.48. The number of fused-ring (bicyclic) bond motifs is 1. The highest BCUT2D eigenvalue weighted by molar-refractivity contribution is 7.22. The summed E-state index contributed by atoms with van der Waals surface area (Å²) in [5.41, 5.74) is 0.381. The summed E-state index contributed by atoms with van der Waals surface area (Å²) in [4.78, 5) is 19.4. The summed E-state index contributed by atoms with van der Waals surface area (Å²) in [5.74, 6) is 0.832. The fraction of sp³-hybridized carbons (Fsp3) is 0.389. The van der Waals surface area contributed by atoms with Crippen LogP contribution in [-0.4, -0.2) is 34.3 Å². The van der Waals surface area contributed by atoms with Crippen molar-refractivity contribution >= 4 is 32.6 Å². The number of nitrogens with zero attached hydrogens (tertiary/aromatic N) is 4. The monoisotopic (exact) mass is 358 g/mol. The van der Waals surface area contributed by atoms with Crippen LogP contribution in [0.5, 0.6) is 5.75 Å². The van der Waals surface area contributed by atoms with Crippen molar-refractivity contribution < 1.29 is 9.53 Å². The number of amides is 1. The number of aromatic nitrogens is 3. The number of anilines is 1. The summed E-state index contributed by atoms with van der Waals surface area (Å²) >= 11 is 1.50. The van der Waals surface area contributed by atoms with E-state index in [1.54, 1.807) is 18.2 Å². The Bertz CT molecular complexity index is 865. The van der Waals surface area contributed by atoms with Crippen LogP contribution in [-0.2, 0) is 11.3 Å². The predicted molar refractivity (Wildman–Crippen MR) is 100 cm³/mol. The number of methoxy groups -OCH3 is 1. The molecule has 1 aromatic carbocycles. The molecular weight excluding hydrogens is 336 g/mol. The van der Waals surface area contributed by atoms with Gasteiger partial charge in [-0.1, -0.05) is 32.1 Å². The number of ether oxygens (including phenoxy) is 1. The zero-order valence-corrected chi connectivity index (χ0v) is 15.7. The van der Waals surface area contributed by atoms with Gasteiger partial charge in [0, 0.05) is 24.4 Å². The Morgan fingerprint density at radius 1 is 1.36 bits per heavy atom. The Labute approximate surface area is 151 Å². The summed E-state index contributed by atoms with van der Waals surface area (Å²) in [7, 11) is 1.64. The van der Waals surface area contributed by atoms with E-state index in [-0.39, 0.29) is 5.91 Å². The van der Waals surface area contributed by atoms with Crippen molar-refractivity contribution in [2.24, 2.45) is 5.41 Å². The molecule has 3 rings (SSSR count). The molecule has 0 spiro atoms. The standard InChI is InChI=1S/C18H22N4O2S/c1-18(2,3)16(23)22(11-10-21-9-5-8-19-21)17-20-14-7-6-13(24-4)12-15(14)25-17/h5-9,12H,10-11H2,1-4H3. The molecule has 0 saturated carbocycles. The van der Waals surface area contributed by atoms with Crippen molar-refractivity contribution in [3.8, 4) is 5.75 Å². The van der Waals surface area contributed by atoms with Crippen LogP contribution in [0.2, 0.25) is 0 Å². The van der Waals surface area contributed by atoms with Gasteiger partial charge in [0.15, 0.2) is 5.13 Å². The number of thiazole rings is 1. The lowest BCUT2D eigenvalue weighted by Crippen LogP contribution is -2.41. The van der Waals surface area contributed by atoms with Gasteiger partial charge >= 0.3 is 0 Å². The van der Waals surface area contributed by atoms with E-state index in [2.05, 4.69) is 10.1 Å². The maximum atomic E-state index is 13.0. The molecule has 25 heavy (non-hydrogen) atoms. The first-order valence-corrected chi connectivity index (χ1v) is 8.94. The van der Waals surface area contributed by atoms with Crippen LogP contribution in [0, 0.1) is 5.41 Å². The molecule has 7 heteroatoms. The molecular formula is C18H22N4O2S. The molecule has 0 radical (unpaired) electrons. The van der Waals surface area contributed by atoms with Gasteiger partial charge in [0.1, 0.15) is 5.75 Å². The molecule has 6 nitrogen and oxygen atoms in total. The average molecular weight is 358 g/mol. The van der Waals surface area contributed by atoms with Crippen molar-refractivity contribution in [2.45, 2.75) is 27.3 Å². The molecule has 0 fully saturated rings. The van der Waals surface area contributed by atoms with E-state index in [0.717, 1.165) is 16.0 Å². The Hall–Kier alpha value is -2.41. The van der Waals surface area contributed by atoms with Gasteiger partial charge in [0.25, 0.3) is 0 Å². The molecule has 132 valence electrons. The van der Waals surface area contributed by atoms with Gasteiger partial charge in [-0.05, 0) is 24.3 Å². The van der Waals surface area contributed by atoms with Crippen molar-refractivity contribution in [3.63, 3.8) is 0 Å². The molecule has 0 aliphatic heterocycles. The fourth-order valence-electron chi connectivity index (χ4n) is 2.46. The molecule has 0 aliphatic carbocycles. The average Bonchev–Trinajstić information content (AvgIpc) is 3.22. The Morgan fingerprint density at radius 2 is 2.16 bits per heavy atom. The van der Waals surface area contributed by atoms with Gasteiger partial charge in [-0.15, -0.1) is 0 Å². The molecule has 0 aliphatic rings. The molecule has 2 aromatic heterocycles. The number of benzene rings is 1. The predicted octanol–water partition coefficient (Wildman–Crippen LogP) is 3.58. The van der Waals surface area contributed by atoms with Crippen molar-refractivity contribution in [1.82, 2.24) is 14.8 Å². The molecule has 0 unspecified atom stereocenters. The third kappa shape index (κ3) is 3.82. The minimum atomic E-state index is -0.486. The van der Waals surface area contributed by atoms with Crippen LogP contribution in [0.1, 0.15) is 20.8 Å². The zero-order valence-electron chi connectivity index (χ0n) is 14.9. The second kappa shape index (κ2) is 6.84. The number of hydrogen-bond donors (Lipinski definition) is 0. The summed E-state index contributed by atoms with van der Waals surface area (Å²) < 4.78 is 8.10. The van der Waals surface area contributed by atoms with E-state index in [4.69, 9.17) is 4.74 Å². The third-order valence-electron chi connectivity index (χ3n) is 3.81. The minimum Gasteiger partial charge on any atom is -0.497 e. The van der Waals surface area contributed by atoms with E-state index in [9.17, 15) is 4.79 Å². The van der Waals surface area contributed by atoms with Gasteiger partial charge < -0.3 is 4.74 Å². The second-order valence-corrected chi connectivity index (χ2v) is 7.82. The van der Waals surface area contributed by atoms with E-state index in [1.807, 2.05) is 55.9 Å². The van der Waals surface area contributed by atoms with E-state index < -0.39 is 5.41 Å². The first kappa shape index (κ1) is 17.4. The molecule has 0 saturated heterocycles. The topological polar surface area (TPSA) is 60.2 Å². The molecule has 0 bridgehead atoms. The molecule has 2 heterocycles. The van der Waals surface area contributed by atoms with Gasteiger partial charge in [-0.2, -0.15) is 5.10 Å². The first-order chi connectivity index (χ1) is 11.9. The van der Waals surface area contributed by atoms with E-state index >= 15 is 0 Å². The van der Waals surface area contributed by atoms with Gasteiger partial charge in [-0.3, -0.25) is 14.4 Å². The summed E-state index contributed by atoms with van der Waals surface area (Å²) in [6.07, 6.45) is 3.63. The first-order valence-electron chi connectivity index (χ1n) is 8.12. The van der Waals surface area contributed by atoms with Crippen LogP contribution < -0.4 is 9.64 Å². The lowest BCUT2D eigenvalue weighted by atomic mass is 9.95. The number of carbonyl (C=O) groups excluding carboxylic acids is 1. The highest BCUT2D eigenvalue weighted by atomic mass is 32.1. The summed E-state index contributed by atoms with van der Waals surface area (Å²) in [6, 6.07) is 7.62. The zero-order chi connectivity index (χ0) is 18.0. The SMILES string of the molecule is COc1ccc2nc(N(CCn3cccn3)C(=O)C(C)(C)C)sc2c1. The number of hydrogen-bond acceptors (Lipinski definition) is 5. The molecule has 0 N–H and O–H groups in total. The third-order valence-corrected chi connectivity index (χ3v) is 4.86. The van der Waals surface area contributed by atoms with Crippen LogP contribution in [0.3, 0.4) is 0 Å². The van der Waals surface area contributed by atoms with Gasteiger partial charge in [0.2, 0.25) is 5.91 Å². The van der Waals surface area contributed by atoms with Crippen molar-refractivity contribution in [1.29, 1.82) is 0 Å². The van der Waals surface area contributed by atoms with Gasteiger partial charge in [-0.25, -0.2) is 4.98 Å². The lowest BCUT2D eigenvalue weighted by Gasteiger charge is -2.27. The van der Waals surface area contributed by atoms with Crippen LogP contribution >= 0.6 is 11.3 Å². The van der Waals surface area contributed by atoms with Crippen molar-refractivity contribution in [2.75, 3.05) is 18.6 Å². The Morgan fingerprint density at radius 3 is 2.80 bits per heavy atom. The van der Waals surface area contributed by atoms with Crippen LogP contribution in [0.25, 0.3) is 10.2 Å². The summed E-state index contributed by atoms with van der Waals surface area (Å²) in [5, 5.41) is 4.92. The van der Waals surface area contributed by atoms with Crippen molar-refractivity contribution in [3.05, 3.63) is 36.7 Å². The second-order valence-electron chi connectivity index (χ2n) is 6.81. The number of carbonyl (C=O) groups is 1. The summed E-state index contributed by atoms with van der Waals surface area (Å²) in [6.45, 7) is 6.91. The van der Waals surface area contributed by atoms with Crippen LogP contribution in [0.15, 0.2) is 36.7 Å². The maximum Gasteiger partial charge on any atom is 0.234 e. The van der Waals surface area contributed by atoms with Gasteiger partial charge in [0.05, 0.1) is 23.9 Å². The molecule has 0 atom stereocenters. The highest BCUT2D eigenvalue weighted by Crippen LogP contribution is 2.33. The number of rotatable bonds is 5. The maximum absolute atomic E-state index is 13.0. The Balaban J connectivity index is 1.93. The quantitative estimate of drug-likeness (QED) is 0.699. The minimum absolute atomic E-state index is 0.0469. The lowest BCUT2D eigenvalue weighted by molar-refractivity contribution is -0.125. The Kier molecular flexibility index (Phi) is 4.76. The van der Waals surface area contributed by atoms with E-state index in [0.29, 0.717) is 18.2 Å². The molecule has 1 amide bonds. The highest BCUT2D eigenvalue weighted by Gasteiger charge is 2.30. The van der Waals surface area contributed by atoms with E-state index in [1.165, 1.54) is 11.3 Å². The largest absolute Gasteiger partial charge is 0.497 e. The van der Waals surface area contributed by atoms with Crippen LogP contribution in [0.4, 0.5) is 5.13 Å².